The molecule has 0 heteroatoms. The molecule has 21 heavy (non-hydrogen) atoms. The second-order valence-corrected chi connectivity index (χ2v) is 10.3. The summed E-state index contributed by atoms with van der Waals surface area (Å²) in [4.78, 5) is 0. The summed E-state index contributed by atoms with van der Waals surface area (Å²) in [7, 11) is 0. The first-order chi connectivity index (χ1) is 9.50. The Hall–Kier alpha value is 0. The van der Waals surface area contributed by atoms with Gasteiger partial charge in [0.25, 0.3) is 0 Å². The Morgan fingerprint density at radius 1 is 0.524 bits per heavy atom. The Morgan fingerprint density at radius 3 is 1.19 bits per heavy atom. The van der Waals surface area contributed by atoms with Gasteiger partial charge in [-0.3, -0.25) is 0 Å². The van der Waals surface area contributed by atoms with E-state index in [4.69, 9.17) is 0 Å². The third-order valence-corrected chi connectivity index (χ3v) is 6.16. The fraction of sp³-hybridized carbons (Fsp3) is 1.00. The van der Waals surface area contributed by atoms with Gasteiger partial charge in [0, 0.05) is 0 Å². The van der Waals surface area contributed by atoms with Crippen LogP contribution in [0.25, 0.3) is 0 Å². The van der Waals surface area contributed by atoms with Gasteiger partial charge >= 0.3 is 0 Å². The minimum atomic E-state index is 0.556. The van der Waals surface area contributed by atoms with Crippen LogP contribution >= 0.6 is 0 Å². The molecule has 0 bridgehead atoms. The van der Waals surface area contributed by atoms with Crippen LogP contribution in [0.3, 0.4) is 0 Å². The zero-order valence-corrected chi connectivity index (χ0v) is 16.3. The van der Waals surface area contributed by atoms with Gasteiger partial charge in [-0.1, -0.05) is 74.7 Å². The molecule has 126 valence electrons. The average Bonchev–Trinajstić information content (AvgIpc) is 2.76. The second-order valence-electron chi connectivity index (χ2n) is 10.3. The molecule has 0 saturated heterocycles. The zero-order chi connectivity index (χ0) is 16.3. The number of hydrogen-bond donors (Lipinski definition) is 0. The van der Waals surface area contributed by atoms with Crippen molar-refractivity contribution in [1.29, 1.82) is 0 Å². The van der Waals surface area contributed by atoms with Crippen molar-refractivity contribution >= 4 is 0 Å². The second kappa shape index (κ2) is 7.51. The molecule has 0 N–H and O–H groups in total. The van der Waals surface area contributed by atoms with Crippen LogP contribution in [0.5, 0.6) is 0 Å². The zero-order valence-electron chi connectivity index (χ0n) is 16.3. The van der Waals surface area contributed by atoms with Crippen molar-refractivity contribution in [3.05, 3.63) is 0 Å². The lowest BCUT2D eigenvalue weighted by molar-refractivity contribution is 0.155. The molecule has 0 aromatic carbocycles. The Balaban J connectivity index is 0.000000211. The molecule has 0 aromatic heterocycles. The van der Waals surface area contributed by atoms with Crippen molar-refractivity contribution in [3.63, 3.8) is 0 Å². The quantitative estimate of drug-likeness (QED) is 0.439. The van der Waals surface area contributed by atoms with Crippen LogP contribution in [0.2, 0.25) is 0 Å². The maximum absolute atomic E-state index is 2.39. The molecule has 2 fully saturated rings. The lowest BCUT2D eigenvalue weighted by Gasteiger charge is -2.35. The minimum Gasteiger partial charge on any atom is -0.0625 e. The standard InChI is InChI=1S/C11H22.C10H20/c1-9-5-7-10(8-6-9)11(2,3)4;1-8-5-6-9(7-8)10(2,3)4/h9-10H,5-8H2,1-4H3;8-9H,5-7H2,1-4H3. The highest BCUT2D eigenvalue weighted by atomic mass is 14.4. The van der Waals surface area contributed by atoms with Crippen molar-refractivity contribution < 1.29 is 0 Å². The van der Waals surface area contributed by atoms with Crippen LogP contribution in [-0.2, 0) is 0 Å². The minimum absolute atomic E-state index is 0.556. The first-order valence-corrected chi connectivity index (χ1v) is 9.50. The Kier molecular flexibility index (Phi) is 6.81. The van der Waals surface area contributed by atoms with Gasteiger partial charge in [-0.15, -0.1) is 0 Å². The average molecular weight is 295 g/mol. The molecule has 0 amide bonds. The fourth-order valence-electron chi connectivity index (χ4n) is 4.12. The molecule has 0 nitrogen and oxygen atoms in total. The molecule has 2 atom stereocenters. The van der Waals surface area contributed by atoms with Gasteiger partial charge < -0.3 is 0 Å². The molecule has 0 aromatic rings. The van der Waals surface area contributed by atoms with Crippen LogP contribution in [0, 0.1) is 34.5 Å². The monoisotopic (exact) mass is 294 g/mol. The highest BCUT2D eigenvalue weighted by Crippen LogP contribution is 2.41. The molecule has 0 radical (unpaired) electrons. The largest absolute Gasteiger partial charge is 0.0625 e. The first kappa shape index (κ1) is 19.0. The van der Waals surface area contributed by atoms with Crippen LogP contribution in [0.1, 0.15) is 100 Å². The van der Waals surface area contributed by atoms with Crippen LogP contribution in [0.15, 0.2) is 0 Å². The lowest BCUT2D eigenvalue weighted by atomic mass is 9.70. The molecule has 2 unspecified atom stereocenters. The van der Waals surface area contributed by atoms with E-state index < -0.39 is 0 Å². The van der Waals surface area contributed by atoms with E-state index in [0.717, 1.165) is 23.7 Å². The van der Waals surface area contributed by atoms with Gasteiger partial charge in [0.05, 0.1) is 0 Å². The summed E-state index contributed by atoms with van der Waals surface area (Å²) < 4.78 is 0. The molecule has 0 heterocycles. The Labute approximate surface area is 135 Å². The van der Waals surface area contributed by atoms with Gasteiger partial charge in [-0.25, -0.2) is 0 Å². The molecule has 2 rings (SSSR count). The Morgan fingerprint density at radius 2 is 0.905 bits per heavy atom. The predicted octanol–water partition coefficient (Wildman–Crippen LogP) is 7.33. The predicted molar refractivity (Wildman–Crippen MR) is 96.5 cm³/mol. The van der Waals surface area contributed by atoms with E-state index in [1.54, 1.807) is 0 Å². The van der Waals surface area contributed by atoms with E-state index in [0.29, 0.717) is 10.8 Å². The normalized spacial score (nSPS) is 34.3. The summed E-state index contributed by atoms with van der Waals surface area (Å²) in [5.41, 5.74) is 1.12. The smallest absolute Gasteiger partial charge is 0.0354 e. The van der Waals surface area contributed by atoms with Gasteiger partial charge in [0.15, 0.2) is 0 Å². The van der Waals surface area contributed by atoms with Gasteiger partial charge in [0.1, 0.15) is 0 Å². The molecule has 0 spiro atoms. The maximum Gasteiger partial charge on any atom is -0.0354 e. The summed E-state index contributed by atoms with van der Waals surface area (Å²) in [6.45, 7) is 19.0. The summed E-state index contributed by atoms with van der Waals surface area (Å²) in [6, 6.07) is 0. The van der Waals surface area contributed by atoms with E-state index in [-0.39, 0.29) is 0 Å². The van der Waals surface area contributed by atoms with Crippen LogP contribution in [-0.4, -0.2) is 0 Å². The maximum atomic E-state index is 2.39. The van der Waals surface area contributed by atoms with E-state index in [1.165, 1.54) is 44.9 Å². The molecule has 0 aliphatic heterocycles. The lowest BCUT2D eigenvalue weighted by Crippen LogP contribution is -2.24. The summed E-state index contributed by atoms with van der Waals surface area (Å²) in [5.74, 6) is 3.96. The Bertz CT molecular complexity index is 280. The van der Waals surface area contributed by atoms with Crippen molar-refractivity contribution in [2.75, 3.05) is 0 Å². The van der Waals surface area contributed by atoms with Crippen molar-refractivity contribution in [3.8, 4) is 0 Å². The van der Waals surface area contributed by atoms with E-state index >= 15 is 0 Å². The van der Waals surface area contributed by atoms with E-state index in [1.807, 2.05) is 0 Å². The molecule has 2 saturated carbocycles. The highest BCUT2D eigenvalue weighted by Gasteiger charge is 2.30. The SMILES string of the molecule is CC1CCC(C(C)(C)C)C1.CC1CCC(C(C)(C)C)CC1. The molecular weight excluding hydrogens is 252 g/mol. The third kappa shape index (κ3) is 6.74. The van der Waals surface area contributed by atoms with Crippen LogP contribution in [0.4, 0.5) is 0 Å². The van der Waals surface area contributed by atoms with Gasteiger partial charge in [-0.2, -0.15) is 0 Å². The number of rotatable bonds is 0. The van der Waals surface area contributed by atoms with Gasteiger partial charge in [0.2, 0.25) is 0 Å². The topological polar surface area (TPSA) is 0 Å². The summed E-state index contributed by atoms with van der Waals surface area (Å²) in [6.07, 6.45) is 10.2. The van der Waals surface area contributed by atoms with Crippen molar-refractivity contribution in [2.45, 2.75) is 100 Å². The van der Waals surface area contributed by atoms with Gasteiger partial charge in [-0.05, 0) is 60.2 Å². The third-order valence-electron chi connectivity index (χ3n) is 6.16. The first-order valence-electron chi connectivity index (χ1n) is 9.50. The number of hydrogen-bond acceptors (Lipinski definition) is 0. The fourth-order valence-corrected chi connectivity index (χ4v) is 4.12. The highest BCUT2D eigenvalue weighted by molar-refractivity contribution is 4.81. The van der Waals surface area contributed by atoms with E-state index in [2.05, 4.69) is 55.4 Å². The summed E-state index contributed by atoms with van der Waals surface area (Å²) in [5, 5.41) is 0. The molecule has 2 aliphatic carbocycles. The van der Waals surface area contributed by atoms with Crippen molar-refractivity contribution in [2.24, 2.45) is 34.5 Å². The van der Waals surface area contributed by atoms with Crippen molar-refractivity contribution in [1.82, 2.24) is 0 Å². The molecule has 2 aliphatic rings. The van der Waals surface area contributed by atoms with Crippen LogP contribution < -0.4 is 0 Å². The molecular formula is C21H42. The van der Waals surface area contributed by atoms with E-state index in [9.17, 15) is 0 Å². The summed E-state index contributed by atoms with van der Waals surface area (Å²) >= 11 is 0.